The van der Waals surface area contributed by atoms with Gasteiger partial charge in [0.05, 0.1) is 0 Å². The molecule has 0 aliphatic carbocycles. The quantitative estimate of drug-likeness (QED) is 0.768. The zero-order valence-corrected chi connectivity index (χ0v) is 8.66. The van der Waals surface area contributed by atoms with E-state index in [1.807, 2.05) is 13.0 Å². The summed E-state index contributed by atoms with van der Waals surface area (Å²) in [6.07, 6.45) is 1.77. The second-order valence-electron chi connectivity index (χ2n) is 3.15. The SMILES string of the molecule is CCCc1cccc2c1OP(=O)(O)O2. The van der Waals surface area contributed by atoms with Gasteiger partial charge in [-0.05, 0) is 18.1 Å². The third-order valence-corrected chi connectivity index (χ3v) is 2.84. The van der Waals surface area contributed by atoms with Gasteiger partial charge in [-0.2, -0.15) is 0 Å². The van der Waals surface area contributed by atoms with E-state index in [4.69, 9.17) is 13.9 Å². The van der Waals surface area contributed by atoms with Gasteiger partial charge in [-0.1, -0.05) is 25.5 Å². The summed E-state index contributed by atoms with van der Waals surface area (Å²) in [5.41, 5.74) is 0.914. The van der Waals surface area contributed by atoms with Gasteiger partial charge in [0.2, 0.25) is 0 Å². The average Bonchev–Trinajstić information content (AvgIpc) is 2.41. The molecule has 1 atom stereocenters. The van der Waals surface area contributed by atoms with E-state index in [2.05, 4.69) is 0 Å². The zero-order chi connectivity index (χ0) is 10.2. The lowest BCUT2D eigenvalue weighted by Crippen LogP contribution is -1.89. The van der Waals surface area contributed by atoms with Crippen molar-refractivity contribution in [1.82, 2.24) is 0 Å². The van der Waals surface area contributed by atoms with Crippen molar-refractivity contribution in [2.45, 2.75) is 19.8 Å². The third-order valence-electron chi connectivity index (χ3n) is 2.00. The average molecular weight is 214 g/mol. The van der Waals surface area contributed by atoms with Gasteiger partial charge >= 0.3 is 7.82 Å². The molecule has 1 N–H and O–H groups in total. The van der Waals surface area contributed by atoms with Crippen LogP contribution in [0.5, 0.6) is 11.5 Å². The van der Waals surface area contributed by atoms with E-state index in [-0.39, 0.29) is 0 Å². The van der Waals surface area contributed by atoms with Crippen molar-refractivity contribution in [3.05, 3.63) is 23.8 Å². The van der Waals surface area contributed by atoms with Crippen LogP contribution in [0.1, 0.15) is 18.9 Å². The first-order valence-corrected chi connectivity index (χ1v) is 5.96. The summed E-state index contributed by atoms with van der Waals surface area (Å²) >= 11 is 0. The summed E-state index contributed by atoms with van der Waals surface area (Å²) in [4.78, 5) is 9.12. The Balaban J connectivity index is 2.41. The molecule has 1 aromatic carbocycles. The van der Waals surface area contributed by atoms with Crippen molar-refractivity contribution in [3.8, 4) is 11.5 Å². The fourth-order valence-corrected chi connectivity index (χ4v) is 2.33. The van der Waals surface area contributed by atoms with Crippen LogP contribution in [0.15, 0.2) is 18.2 Å². The van der Waals surface area contributed by atoms with Gasteiger partial charge in [0.15, 0.2) is 11.5 Å². The lowest BCUT2D eigenvalue weighted by Gasteiger charge is -2.02. The molecule has 0 bridgehead atoms. The Hall–Kier alpha value is -0.990. The van der Waals surface area contributed by atoms with Gasteiger partial charge in [-0.15, -0.1) is 0 Å². The molecule has 0 aromatic heterocycles. The van der Waals surface area contributed by atoms with E-state index in [0.29, 0.717) is 11.5 Å². The van der Waals surface area contributed by atoms with Crippen LogP contribution in [0.2, 0.25) is 0 Å². The van der Waals surface area contributed by atoms with Crippen molar-refractivity contribution >= 4 is 7.82 Å². The Morgan fingerprint density at radius 3 is 2.93 bits per heavy atom. The molecule has 76 valence electrons. The second-order valence-corrected chi connectivity index (χ2v) is 4.45. The molecule has 1 aliphatic rings. The standard InChI is InChI=1S/C9H11O4P/c1-2-4-7-5-3-6-8-9(7)13-14(10,11)12-8/h3,5-6H,2,4H2,1H3,(H,10,11). The molecule has 0 spiro atoms. The van der Waals surface area contributed by atoms with Crippen LogP contribution in [0.4, 0.5) is 0 Å². The fourth-order valence-electron chi connectivity index (χ4n) is 1.46. The van der Waals surface area contributed by atoms with Crippen molar-refractivity contribution in [1.29, 1.82) is 0 Å². The molecular formula is C9H11O4P. The van der Waals surface area contributed by atoms with Crippen LogP contribution in [0, 0.1) is 0 Å². The molecule has 14 heavy (non-hydrogen) atoms. The van der Waals surface area contributed by atoms with E-state index in [1.54, 1.807) is 12.1 Å². The first-order valence-electron chi connectivity index (χ1n) is 4.46. The van der Waals surface area contributed by atoms with Crippen molar-refractivity contribution in [3.63, 3.8) is 0 Å². The number of rotatable bonds is 2. The van der Waals surface area contributed by atoms with Crippen LogP contribution in [0.25, 0.3) is 0 Å². The largest absolute Gasteiger partial charge is 0.585 e. The summed E-state index contributed by atoms with van der Waals surface area (Å²) in [6.45, 7) is 2.04. The molecule has 1 aliphatic heterocycles. The van der Waals surface area contributed by atoms with Crippen molar-refractivity contribution < 1.29 is 18.5 Å². The van der Waals surface area contributed by atoms with E-state index < -0.39 is 7.82 Å². The van der Waals surface area contributed by atoms with Gasteiger partial charge < -0.3 is 9.05 Å². The summed E-state index contributed by atoms with van der Waals surface area (Å²) < 4.78 is 20.8. The molecule has 4 nitrogen and oxygen atoms in total. The Labute approximate surface area is 82.1 Å². The van der Waals surface area contributed by atoms with E-state index in [0.717, 1.165) is 18.4 Å². The Kier molecular flexibility index (Phi) is 2.25. The number of fused-ring (bicyclic) bond motifs is 1. The highest BCUT2D eigenvalue weighted by atomic mass is 31.2. The van der Waals surface area contributed by atoms with Crippen LogP contribution < -0.4 is 9.05 Å². The smallest absolute Gasteiger partial charge is 0.391 e. The normalized spacial score (nSPS) is 23.9. The van der Waals surface area contributed by atoms with Crippen molar-refractivity contribution in [2.75, 3.05) is 0 Å². The number of benzene rings is 1. The fraction of sp³-hybridized carbons (Fsp3) is 0.333. The molecule has 1 unspecified atom stereocenters. The van der Waals surface area contributed by atoms with E-state index >= 15 is 0 Å². The van der Waals surface area contributed by atoms with Gasteiger partial charge in [-0.25, -0.2) is 4.57 Å². The maximum absolute atomic E-state index is 11.1. The van der Waals surface area contributed by atoms with Crippen LogP contribution in [-0.4, -0.2) is 4.89 Å². The summed E-state index contributed by atoms with van der Waals surface area (Å²) in [5.74, 6) is 0.780. The molecular weight excluding hydrogens is 203 g/mol. The van der Waals surface area contributed by atoms with Gasteiger partial charge in [0, 0.05) is 0 Å². The molecule has 0 radical (unpaired) electrons. The summed E-state index contributed by atoms with van der Waals surface area (Å²) in [7, 11) is -3.88. The van der Waals surface area contributed by atoms with Gasteiger partial charge in [-0.3, -0.25) is 4.89 Å². The molecule has 1 heterocycles. The number of aryl methyl sites for hydroxylation is 1. The highest BCUT2D eigenvalue weighted by Gasteiger charge is 2.36. The minimum Gasteiger partial charge on any atom is -0.391 e. The molecule has 5 heteroatoms. The van der Waals surface area contributed by atoms with Crippen LogP contribution >= 0.6 is 7.82 Å². The highest BCUT2D eigenvalue weighted by molar-refractivity contribution is 7.48. The Morgan fingerprint density at radius 1 is 1.43 bits per heavy atom. The predicted molar refractivity (Wildman–Crippen MR) is 51.5 cm³/mol. The molecule has 2 rings (SSSR count). The third kappa shape index (κ3) is 1.63. The molecule has 0 fully saturated rings. The zero-order valence-electron chi connectivity index (χ0n) is 7.77. The number of hydrogen-bond donors (Lipinski definition) is 1. The lowest BCUT2D eigenvalue weighted by atomic mass is 10.1. The van der Waals surface area contributed by atoms with Gasteiger partial charge in [0.1, 0.15) is 0 Å². The minimum atomic E-state index is -3.88. The first kappa shape index (κ1) is 9.56. The summed E-state index contributed by atoms with van der Waals surface area (Å²) in [5, 5.41) is 0. The number of para-hydroxylation sites is 1. The van der Waals surface area contributed by atoms with Crippen LogP contribution in [-0.2, 0) is 11.0 Å². The molecule has 0 saturated heterocycles. The van der Waals surface area contributed by atoms with Crippen molar-refractivity contribution in [2.24, 2.45) is 0 Å². The first-order chi connectivity index (χ1) is 6.62. The predicted octanol–water partition coefficient (Wildman–Crippen LogP) is 2.51. The molecule has 0 saturated carbocycles. The topological polar surface area (TPSA) is 55.8 Å². The number of phosphoric ester groups is 1. The monoisotopic (exact) mass is 214 g/mol. The van der Waals surface area contributed by atoms with E-state index in [1.165, 1.54) is 0 Å². The minimum absolute atomic E-state index is 0.363. The lowest BCUT2D eigenvalue weighted by molar-refractivity contribution is 0.323. The Bertz CT molecular complexity index is 402. The highest BCUT2D eigenvalue weighted by Crippen LogP contribution is 2.56. The Morgan fingerprint density at radius 2 is 2.21 bits per heavy atom. The summed E-state index contributed by atoms with van der Waals surface area (Å²) in [6, 6.07) is 5.29. The maximum Gasteiger partial charge on any atom is 0.585 e. The maximum atomic E-state index is 11.1. The second kappa shape index (κ2) is 3.30. The molecule has 0 amide bonds. The number of hydrogen-bond acceptors (Lipinski definition) is 3. The van der Waals surface area contributed by atoms with Gasteiger partial charge in [0.25, 0.3) is 0 Å². The van der Waals surface area contributed by atoms with Crippen LogP contribution in [0.3, 0.4) is 0 Å². The molecule has 1 aromatic rings. The number of phosphoric acid groups is 1. The van der Waals surface area contributed by atoms with E-state index in [9.17, 15) is 4.57 Å².